The summed E-state index contributed by atoms with van der Waals surface area (Å²) in [7, 11) is 0. The number of amides is 3. The summed E-state index contributed by atoms with van der Waals surface area (Å²) >= 11 is 0. The lowest BCUT2D eigenvalue weighted by molar-refractivity contribution is -0.151. The minimum absolute atomic E-state index is 0.0382. The van der Waals surface area contributed by atoms with Gasteiger partial charge in [-0.05, 0) is 49.4 Å². The Bertz CT molecular complexity index is 1510. The van der Waals surface area contributed by atoms with E-state index in [1.807, 2.05) is 70.2 Å². The van der Waals surface area contributed by atoms with Crippen LogP contribution < -0.4 is 10.6 Å². The van der Waals surface area contributed by atoms with Crippen molar-refractivity contribution < 1.29 is 24.2 Å². The van der Waals surface area contributed by atoms with E-state index in [-0.39, 0.29) is 36.9 Å². The van der Waals surface area contributed by atoms with Gasteiger partial charge in [0.15, 0.2) is 0 Å². The number of hydrogen-bond acceptors (Lipinski definition) is 7. The highest BCUT2D eigenvalue weighted by Crippen LogP contribution is 2.65. The van der Waals surface area contributed by atoms with E-state index in [0.717, 1.165) is 5.52 Å². The predicted octanol–water partition coefficient (Wildman–Crippen LogP) is 2.56. The van der Waals surface area contributed by atoms with E-state index >= 15 is 0 Å². The van der Waals surface area contributed by atoms with Gasteiger partial charge in [0.1, 0.15) is 23.8 Å². The van der Waals surface area contributed by atoms with Crippen molar-refractivity contribution in [1.29, 1.82) is 0 Å². The van der Waals surface area contributed by atoms with Crippen molar-refractivity contribution >= 4 is 34.4 Å². The van der Waals surface area contributed by atoms with Gasteiger partial charge in [-0.25, -0.2) is 4.68 Å². The molecule has 0 saturated carbocycles. The van der Waals surface area contributed by atoms with Crippen LogP contribution in [0.5, 0.6) is 0 Å². The molecule has 6 rings (SSSR count). The molecule has 0 aliphatic carbocycles. The summed E-state index contributed by atoms with van der Waals surface area (Å²) in [5.41, 5.74) is -0.0824. The number of hydrogen-bond donors (Lipinski definition) is 3. The minimum Gasteiger partial charge on any atom is -0.394 e. The van der Waals surface area contributed by atoms with Crippen LogP contribution in [0.4, 0.5) is 5.69 Å². The first-order chi connectivity index (χ1) is 20.2. The largest absolute Gasteiger partial charge is 0.394 e. The molecule has 3 amide bonds. The van der Waals surface area contributed by atoms with E-state index in [2.05, 4.69) is 20.9 Å². The van der Waals surface area contributed by atoms with Gasteiger partial charge in [-0.2, -0.15) is 0 Å². The highest BCUT2D eigenvalue weighted by atomic mass is 16.5. The third-order valence-corrected chi connectivity index (χ3v) is 9.99. The molecule has 11 heteroatoms. The minimum atomic E-state index is -1.22. The summed E-state index contributed by atoms with van der Waals surface area (Å²) in [4.78, 5) is 44.2. The number of nitrogens with one attached hydrogen (secondary N) is 2. The van der Waals surface area contributed by atoms with Gasteiger partial charge in [0.2, 0.25) is 17.7 Å². The molecule has 3 aliphatic heterocycles. The van der Waals surface area contributed by atoms with Crippen molar-refractivity contribution in [2.24, 2.45) is 23.7 Å². The zero-order chi connectivity index (χ0) is 29.8. The van der Waals surface area contributed by atoms with Crippen LogP contribution in [0, 0.1) is 23.7 Å². The first kappa shape index (κ1) is 28.3. The number of carbonyl (C=O) groups is 3. The van der Waals surface area contributed by atoms with Crippen molar-refractivity contribution in [2.45, 2.75) is 70.5 Å². The van der Waals surface area contributed by atoms with Crippen LogP contribution in [0.25, 0.3) is 11.0 Å². The fourth-order valence-electron chi connectivity index (χ4n) is 7.57. The second-order valence-corrected chi connectivity index (χ2v) is 12.2. The molecule has 3 aromatic rings. The molecule has 42 heavy (non-hydrogen) atoms. The van der Waals surface area contributed by atoms with Crippen molar-refractivity contribution in [1.82, 2.24) is 25.2 Å². The average molecular weight is 575 g/mol. The number of aliphatic hydroxyl groups is 1. The lowest BCUT2D eigenvalue weighted by Crippen LogP contribution is -2.59. The summed E-state index contributed by atoms with van der Waals surface area (Å²) in [6.07, 6.45) is 1.13. The van der Waals surface area contributed by atoms with Gasteiger partial charge in [0.25, 0.3) is 0 Å². The number of fused-ring (bicyclic) bond motifs is 2. The van der Waals surface area contributed by atoms with E-state index in [1.165, 1.54) is 4.90 Å². The number of anilines is 1. The van der Waals surface area contributed by atoms with Crippen LogP contribution in [0.1, 0.15) is 40.5 Å². The van der Waals surface area contributed by atoms with Crippen molar-refractivity contribution in [3.8, 4) is 0 Å². The van der Waals surface area contributed by atoms with E-state index in [1.54, 1.807) is 16.8 Å². The molecule has 1 aromatic heterocycles. The number of likely N-dealkylation sites (tertiary alicyclic amines) is 1. The van der Waals surface area contributed by atoms with E-state index in [4.69, 9.17) is 4.74 Å². The molecule has 3 N–H and O–H groups in total. The van der Waals surface area contributed by atoms with Gasteiger partial charge < -0.3 is 25.4 Å². The van der Waals surface area contributed by atoms with Gasteiger partial charge >= 0.3 is 0 Å². The lowest BCUT2D eigenvalue weighted by atomic mass is 9.62. The molecular weight excluding hydrogens is 536 g/mol. The molecule has 4 heterocycles. The lowest BCUT2D eigenvalue weighted by Gasteiger charge is -2.39. The smallest absolute Gasteiger partial charge is 0.247 e. The molecule has 2 aromatic carbocycles. The quantitative estimate of drug-likeness (QED) is 0.357. The van der Waals surface area contributed by atoms with Crippen molar-refractivity contribution in [3.63, 3.8) is 0 Å². The standard InChI is InChI=1S/C31H38N6O5/c1-5-18(2)23(16-38)37-26(28(40)32-17-36-22-14-10-9-13-21(22)34-35-36)31-15-19(3)30(4,42-31)24(25(31)29(37)41)27(39)33-20-11-7-6-8-12-20/h6-14,18-19,23-26,38H,5,15-17H2,1-4H3,(H,32,40)(H,33,39)/t18-,19?,23-,24+,25-,26?,30-,31?/m0/s1. The fraction of sp³-hybridized carbons (Fsp3) is 0.516. The van der Waals surface area contributed by atoms with Crippen molar-refractivity contribution in [2.75, 3.05) is 11.9 Å². The van der Waals surface area contributed by atoms with Gasteiger partial charge in [0, 0.05) is 5.69 Å². The molecule has 222 valence electrons. The Morgan fingerprint density at radius 2 is 1.86 bits per heavy atom. The van der Waals surface area contributed by atoms with Crippen LogP contribution >= 0.6 is 0 Å². The number of aliphatic hydroxyl groups excluding tert-OH is 1. The summed E-state index contributed by atoms with van der Waals surface area (Å²) < 4.78 is 8.40. The predicted molar refractivity (Wildman–Crippen MR) is 155 cm³/mol. The number of benzene rings is 2. The van der Waals surface area contributed by atoms with E-state index in [0.29, 0.717) is 24.0 Å². The second kappa shape index (κ2) is 10.5. The SMILES string of the molecule is CC[C@H](C)[C@H](CO)N1C(=O)[C@@H]2[C@H](C(=O)Nc3ccccc3)[C@@]3(C)OC2(CC3C)C1C(=O)NCn1nnc2ccccc21. The number of ether oxygens (including phenoxy) is 1. The number of para-hydroxylation sites is 2. The average Bonchev–Trinajstić information content (AvgIpc) is 3.66. The molecular formula is C31H38N6O5. The Labute approximate surface area is 244 Å². The summed E-state index contributed by atoms with van der Waals surface area (Å²) in [6.45, 7) is 7.56. The number of aromatic nitrogens is 3. The maximum Gasteiger partial charge on any atom is 0.247 e. The zero-order valence-electron chi connectivity index (χ0n) is 24.4. The molecule has 3 fully saturated rings. The second-order valence-electron chi connectivity index (χ2n) is 12.2. The molecule has 0 radical (unpaired) electrons. The summed E-state index contributed by atoms with van der Waals surface area (Å²) in [5, 5.41) is 24.8. The van der Waals surface area contributed by atoms with E-state index < -0.39 is 41.0 Å². The number of carbonyl (C=O) groups excluding carboxylic acids is 3. The molecule has 2 bridgehead atoms. The topological polar surface area (TPSA) is 139 Å². The molecule has 3 aliphatic rings. The highest BCUT2D eigenvalue weighted by molar-refractivity contribution is 6.02. The normalized spacial score (nSPS) is 31.3. The van der Waals surface area contributed by atoms with E-state index in [9.17, 15) is 19.5 Å². The van der Waals surface area contributed by atoms with Gasteiger partial charge in [0.05, 0.1) is 35.6 Å². The molecule has 1 spiro atoms. The Balaban J connectivity index is 1.38. The van der Waals surface area contributed by atoms with Gasteiger partial charge in [-0.1, -0.05) is 62.7 Å². The maximum atomic E-state index is 14.5. The number of rotatable bonds is 9. The first-order valence-corrected chi connectivity index (χ1v) is 14.7. The fourth-order valence-corrected chi connectivity index (χ4v) is 7.57. The third kappa shape index (κ3) is 4.12. The highest BCUT2D eigenvalue weighted by Gasteiger charge is 2.80. The zero-order valence-corrected chi connectivity index (χ0v) is 24.4. The van der Waals surface area contributed by atoms with Crippen LogP contribution in [-0.4, -0.2) is 72.6 Å². The maximum absolute atomic E-state index is 14.5. The van der Waals surface area contributed by atoms with Crippen LogP contribution in [0.3, 0.4) is 0 Å². The Kier molecular flexibility index (Phi) is 7.05. The first-order valence-electron chi connectivity index (χ1n) is 14.7. The Hall–Kier alpha value is -3.83. The Morgan fingerprint density at radius 3 is 2.57 bits per heavy atom. The third-order valence-electron chi connectivity index (χ3n) is 9.99. The molecule has 11 nitrogen and oxygen atoms in total. The van der Waals surface area contributed by atoms with Gasteiger partial charge in [-0.3, -0.25) is 14.4 Å². The Morgan fingerprint density at radius 1 is 1.14 bits per heavy atom. The van der Waals surface area contributed by atoms with Crippen LogP contribution in [-0.2, 0) is 25.8 Å². The number of nitrogens with zero attached hydrogens (tertiary/aromatic N) is 4. The molecule has 3 saturated heterocycles. The molecule has 3 unspecified atom stereocenters. The van der Waals surface area contributed by atoms with Crippen LogP contribution in [0.15, 0.2) is 54.6 Å². The summed E-state index contributed by atoms with van der Waals surface area (Å²) in [5.74, 6) is -2.93. The molecule has 8 atom stereocenters. The van der Waals surface area contributed by atoms with Gasteiger partial charge in [-0.15, -0.1) is 5.10 Å². The monoisotopic (exact) mass is 574 g/mol. The summed E-state index contributed by atoms with van der Waals surface area (Å²) in [6, 6.07) is 14.9. The van der Waals surface area contributed by atoms with Crippen LogP contribution in [0.2, 0.25) is 0 Å². The van der Waals surface area contributed by atoms with Crippen molar-refractivity contribution in [3.05, 3.63) is 54.6 Å².